The lowest BCUT2D eigenvalue weighted by Gasteiger charge is -2.08. The van der Waals surface area contributed by atoms with Crippen LogP contribution in [0.5, 0.6) is 5.75 Å². The van der Waals surface area contributed by atoms with E-state index in [9.17, 15) is 8.42 Å². The van der Waals surface area contributed by atoms with Gasteiger partial charge in [0, 0.05) is 6.07 Å². The van der Waals surface area contributed by atoms with Gasteiger partial charge in [0.2, 0.25) is 0 Å². The predicted octanol–water partition coefficient (Wildman–Crippen LogP) is 2.84. The van der Waals surface area contributed by atoms with Crippen LogP contribution in [0, 0.1) is 6.92 Å². The van der Waals surface area contributed by atoms with Crippen molar-refractivity contribution >= 4 is 27.4 Å². The molecule has 0 aliphatic rings. The highest BCUT2D eigenvalue weighted by molar-refractivity contribution is 7.92. The van der Waals surface area contributed by atoms with Gasteiger partial charge in [0.05, 0.1) is 16.5 Å². The fourth-order valence-corrected chi connectivity index (χ4v) is 2.84. The molecule has 1 aromatic heterocycles. The third-order valence-electron chi connectivity index (χ3n) is 2.38. The largest absolute Gasteiger partial charge is 0.492 e. The summed E-state index contributed by atoms with van der Waals surface area (Å²) in [6.45, 7) is 3.93. The number of nitrogens with one attached hydrogen (secondary N) is 1. The minimum atomic E-state index is -3.77. The summed E-state index contributed by atoms with van der Waals surface area (Å²) in [4.78, 5) is 0.0200. The number of hydrogen-bond acceptors (Lipinski definition) is 5. The van der Waals surface area contributed by atoms with Crippen molar-refractivity contribution in [3.63, 3.8) is 0 Å². The summed E-state index contributed by atoms with van der Waals surface area (Å²) in [7, 11) is -3.77. The van der Waals surface area contributed by atoms with Crippen LogP contribution in [0.15, 0.2) is 33.7 Å². The molecule has 0 fully saturated rings. The third-order valence-corrected chi connectivity index (χ3v) is 4.03. The van der Waals surface area contributed by atoms with Gasteiger partial charge in [0.25, 0.3) is 10.0 Å². The summed E-state index contributed by atoms with van der Waals surface area (Å²) in [5, 5.41) is 3.80. The van der Waals surface area contributed by atoms with Gasteiger partial charge in [-0.05, 0) is 32.0 Å². The fourth-order valence-electron chi connectivity index (χ4n) is 1.53. The molecule has 108 valence electrons. The van der Waals surface area contributed by atoms with Crippen LogP contribution in [0.3, 0.4) is 0 Å². The minimum absolute atomic E-state index is 0.0200. The molecular weight excluding hydrogens is 304 g/mol. The SMILES string of the molecule is CCOc1ccc(S(=O)(=O)Nc2cc(C)on2)cc1Cl. The summed E-state index contributed by atoms with van der Waals surface area (Å²) >= 11 is 5.97. The molecule has 1 N–H and O–H groups in total. The topological polar surface area (TPSA) is 81.4 Å². The van der Waals surface area contributed by atoms with Gasteiger partial charge in [-0.1, -0.05) is 16.8 Å². The first-order valence-electron chi connectivity index (χ1n) is 5.81. The zero-order valence-electron chi connectivity index (χ0n) is 10.9. The molecule has 20 heavy (non-hydrogen) atoms. The number of aromatic nitrogens is 1. The minimum Gasteiger partial charge on any atom is -0.492 e. The lowest BCUT2D eigenvalue weighted by molar-refractivity contribution is 0.340. The molecule has 1 heterocycles. The molecule has 0 atom stereocenters. The lowest BCUT2D eigenvalue weighted by Crippen LogP contribution is -2.13. The monoisotopic (exact) mass is 316 g/mol. The van der Waals surface area contributed by atoms with Crippen LogP contribution >= 0.6 is 11.6 Å². The van der Waals surface area contributed by atoms with Crippen molar-refractivity contribution in [2.75, 3.05) is 11.3 Å². The molecule has 0 unspecified atom stereocenters. The van der Waals surface area contributed by atoms with Gasteiger partial charge in [-0.15, -0.1) is 0 Å². The van der Waals surface area contributed by atoms with Crippen LogP contribution in [-0.2, 0) is 10.0 Å². The molecule has 0 spiro atoms. The Labute approximate surface area is 121 Å². The number of sulfonamides is 1. The quantitative estimate of drug-likeness (QED) is 0.917. The average molecular weight is 317 g/mol. The average Bonchev–Trinajstić information content (AvgIpc) is 2.76. The van der Waals surface area contributed by atoms with Gasteiger partial charge in [-0.2, -0.15) is 0 Å². The molecule has 0 saturated heterocycles. The summed E-state index contributed by atoms with van der Waals surface area (Å²) in [5.41, 5.74) is 0. The van der Waals surface area contributed by atoms with Crippen molar-refractivity contribution in [1.29, 1.82) is 0 Å². The number of aryl methyl sites for hydroxylation is 1. The molecule has 0 bridgehead atoms. The molecule has 0 aliphatic heterocycles. The van der Waals surface area contributed by atoms with E-state index in [2.05, 4.69) is 9.88 Å². The van der Waals surface area contributed by atoms with Gasteiger partial charge < -0.3 is 9.26 Å². The molecule has 2 aromatic rings. The Morgan fingerprint density at radius 1 is 1.40 bits per heavy atom. The molecule has 0 aliphatic carbocycles. The maximum Gasteiger partial charge on any atom is 0.263 e. The molecule has 0 amide bonds. The van der Waals surface area contributed by atoms with Gasteiger partial charge >= 0.3 is 0 Å². The molecule has 2 rings (SSSR count). The second kappa shape index (κ2) is 5.72. The summed E-state index contributed by atoms with van der Waals surface area (Å²) in [6.07, 6.45) is 0. The summed E-state index contributed by atoms with van der Waals surface area (Å²) in [5.74, 6) is 1.06. The second-order valence-corrected chi connectivity index (χ2v) is 6.04. The number of halogens is 1. The highest BCUT2D eigenvalue weighted by Crippen LogP contribution is 2.28. The molecule has 0 saturated carbocycles. The third kappa shape index (κ3) is 3.23. The number of ether oxygens (including phenoxy) is 1. The van der Waals surface area contributed by atoms with Crippen LogP contribution in [0.2, 0.25) is 5.02 Å². The standard InChI is InChI=1S/C12H13ClN2O4S/c1-3-18-11-5-4-9(7-10(11)13)20(16,17)15-12-6-8(2)19-14-12/h4-7H,3H2,1-2H3,(H,14,15). The van der Waals surface area contributed by atoms with Crippen LogP contribution in [0.1, 0.15) is 12.7 Å². The van der Waals surface area contributed by atoms with Crippen molar-refractivity contribution in [3.05, 3.63) is 35.0 Å². The van der Waals surface area contributed by atoms with Gasteiger partial charge in [-0.3, -0.25) is 4.72 Å². The van der Waals surface area contributed by atoms with Crippen molar-refractivity contribution in [2.24, 2.45) is 0 Å². The van der Waals surface area contributed by atoms with E-state index in [-0.39, 0.29) is 15.7 Å². The Hall–Kier alpha value is -1.73. The van der Waals surface area contributed by atoms with Crippen molar-refractivity contribution in [1.82, 2.24) is 5.16 Å². The summed E-state index contributed by atoms with van der Waals surface area (Å²) in [6, 6.07) is 5.72. The number of anilines is 1. The smallest absolute Gasteiger partial charge is 0.263 e. The van der Waals surface area contributed by atoms with Crippen molar-refractivity contribution < 1.29 is 17.7 Å². The highest BCUT2D eigenvalue weighted by Gasteiger charge is 2.18. The first-order chi connectivity index (χ1) is 9.42. The zero-order valence-corrected chi connectivity index (χ0v) is 12.5. The maximum absolute atomic E-state index is 12.1. The fraction of sp³-hybridized carbons (Fsp3) is 0.250. The van der Waals surface area contributed by atoms with E-state index in [1.807, 2.05) is 6.92 Å². The molecule has 1 aromatic carbocycles. The number of nitrogens with zero attached hydrogens (tertiary/aromatic N) is 1. The Kier molecular flexibility index (Phi) is 4.20. The first-order valence-corrected chi connectivity index (χ1v) is 7.67. The Morgan fingerprint density at radius 2 is 2.15 bits per heavy atom. The van der Waals surface area contributed by atoms with E-state index in [1.165, 1.54) is 24.3 Å². The first kappa shape index (κ1) is 14.7. The normalized spacial score (nSPS) is 11.3. The van der Waals surface area contributed by atoms with Gasteiger partial charge in [-0.25, -0.2) is 8.42 Å². The molecule has 0 radical (unpaired) electrons. The number of hydrogen-bond donors (Lipinski definition) is 1. The Balaban J connectivity index is 2.27. The summed E-state index contributed by atoms with van der Waals surface area (Å²) < 4.78 is 36.6. The van der Waals surface area contributed by atoms with Crippen LogP contribution in [0.25, 0.3) is 0 Å². The Bertz CT molecular complexity index is 712. The van der Waals surface area contributed by atoms with Crippen molar-refractivity contribution in [3.8, 4) is 5.75 Å². The van der Waals surface area contributed by atoms with Gasteiger partial charge in [0.1, 0.15) is 11.5 Å². The molecule has 6 nitrogen and oxygen atoms in total. The van der Waals surface area contributed by atoms with E-state index in [0.717, 1.165) is 0 Å². The number of rotatable bonds is 5. The molecule has 8 heteroatoms. The lowest BCUT2D eigenvalue weighted by atomic mass is 10.3. The highest BCUT2D eigenvalue weighted by atomic mass is 35.5. The van der Waals surface area contributed by atoms with E-state index in [0.29, 0.717) is 18.1 Å². The number of benzene rings is 1. The maximum atomic E-state index is 12.1. The van der Waals surface area contributed by atoms with E-state index >= 15 is 0 Å². The molecular formula is C12H13ClN2O4S. The zero-order chi connectivity index (χ0) is 14.8. The predicted molar refractivity (Wildman–Crippen MR) is 74.7 cm³/mol. The van der Waals surface area contributed by atoms with E-state index < -0.39 is 10.0 Å². The van der Waals surface area contributed by atoms with Crippen LogP contribution < -0.4 is 9.46 Å². The van der Waals surface area contributed by atoms with Crippen LogP contribution in [0.4, 0.5) is 5.82 Å². The van der Waals surface area contributed by atoms with E-state index in [4.69, 9.17) is 20.9 Å². The van der Waals surface area contributed by atoms with E-state index in [1.54, 1.807) is 6.92 Å². The Morgan fingerprint density at radius 3 is 2.70 bits per heavy atom. The van der Waals surface area contributed by atoms with Crippen LogP contribution in [-0.4, -0.2) is 20.2 Å². The second-order valence-electron chi connectivity index (χ2n) is 3.95. The van der Waals surface area contributed by atoms with Gasteiger partial charge in [0.15, 0.2) is 5.82 Å². The van der Waals surface area contributed by atoms with Crippen molar-refractivity contribution in [2.45, 2.75) is 18.7 Å².